The zero-order valence-corrected chi connectivity index (χ0v) is 20.3. The maximum absolute atomic E-state index is 13.2. The lowest BCUT2D eigenvalue weighted by Crippen LogP contribution is -2.45. The molecular weight excluding hydrogens is 456 g/mol. The monoisotopic (exact) mass is 484 g/mol. The number of fused-ring (bicyclic) bond motifs is 1. The fourth-order valence-electron chi connectivity index (χ4n) is 4.13. The number of piperidine rings is 1. The van der Waals surface area contributed by atoms with Gasteiger partial charge in [0.15, 0.2) is 11.8 Å². The number of aryl methyl sites for hydroxylation is 1. The second kappa shape index (κ2) is 10.3. The van der Waals surface area contributed by atoms with E-state index in [0.717, 1.165) is 4.88 Å². The van der Waals surface area contributed by atoms with Crippen molar-refractivity contribution in [1.82, 2.24) is 19.7 Å². The Kier molecular flexibility index (Phi) is 7.26. The molecule has 1 atom stereocenters. The van der Waals surface area contributed by atoms with E-state index >= 15 is 0 Å². The molecule has 9 nitrogen and oxygen atoms in total. The Morgan fingerprint density at radius 2 is 2.00 bits per heavy atom. The Labute approximate surface area is 201 Å². The van der Waals surface area contributed by atoms with E-state index in [0.29, 0.717) is 61.4 Å². The van der Waals surface area contributed by atoms with E-state index in [1.54, 1.807) is 35.7 Å². The summed E-state index contributed by atoms with van der Waals surface area (Å²) in [7, 11) is 0. The molecule has 1 aliphatic rings. The largest absolute Gasteiger partial charge is 0.466 e. The lowest BCUT2D eigenvalue weighted by molar-refractivity contribution is -0.152. The van der Waals surface area contributed by atoms with Gasteiger partial charge in [-0.1, -0.05) is 6.07 Å². The summed E-state index contributed by atoms with van der Waals surface area (Å²) in [6.07, 6.45) is 1.72. The van der Waals surface area contributed by atoms with E-state index in [1.165, 1.54) is 11.3 Å². The maximum atomic E-state index is 13.2. The van der Waals surface area contributed by atoms with E-state index in [1.807, 2.05) is 24.4 Å². The molecule has 0 N–H and O–H groups in total. The topological polar surface area (TPSA) is 104 Å². The van der Waals surface area contributed by atoms with Gasteiger partial charge in [-0.3, -0.25) is 9.59 Å². The highest BCUT2D eigenvalue weighted by Crippen LogP contribution is 2.29. The van der Waals surface area contributed by atoms with Crippen molar-refractivity contribution in [2.45, 2.75) is 46.3 Å². The van der Waals surface area contributed by atoms with Crippen LogP contribution in [0.3, 0.4) is 0 Å². The molecule has 0 aliphatic carbocycles. The van der Waals surface area contributed by atoms with E-state index < -0.39 is 12.1 Å². The predicted molar refractivity (Wildman–Crippen MR) is 127 cm³/mol. The summed E-state index contributed by atoms with van der Waals surface area (Å²) in [5.74, 6) is -1.28. The van der Waals surface area contributed by atoms with Crippen LogP contribution < -0.4 is 0 Å². The Morgan fingerprint density at radius 3 is 2.65 bits per heavy atom. The van der Waals surface area contributed by atoms with Crippen molar-refractivity contribution >= 4 is 40.2 Å². The van der Waals surface area contributed by atoms with E-state index in [9.17, 15) is 14.4 Å². The Bertz CT molecular complexity index is 1180. The van der Waals surface area contributed by atoms with Crippen LogP contribution in [-0.4, -0.2) is 63.3 Å². The minimum absolute atomic E-state index is 0.197. The van der Waals surface area contributed by atoms with Gasteiger partial charge >= 0.3 is 11.9 Å². The molecule has 1 fully saturated rings. The average molecular weight is 485 g/mol. The normalized spacial score (nSPS) is 15.3. The van der Waals surface area contributed by atoms with Crippen LogP contribution in [0.15, 0.2) is 29.8 Å². The molecule has 3 aromatic heterocycles. The van der Waals surface area contributed by atoms with Crippen LogP contribution in [0, 0.1) is 5.92 Å². The Balaban J connectivity index is 1.49. The van der Waals surface area contributed by atoms with Crippen LogP contribution in [0.4, 0.5) is 0 Å². The molecule has 0 saturated carbocycles. The van der Waals surface area contributed by atoms with Crippen LogP contribution in [0.25, 0.3) is 21.6 Å². The van der Waals surface area contributed by atoms with Crippen LogP contribution >= 0.6 is 11.3 Å². The zero-order chi connectivity index (χ0) is 24.2. The van der Waals surface area contributed by atoms with Crippen molar-refractivity contribution < 1.29 is 23.9 Å². The number of likely N-dealkylation sites (tertiary alicyclic amines) is 1. The van der Waals surface area contributed by atoms with Gasteiger partial charge in [0.25, 0.3) is 5.91 Å². The van der Waals surface area contributed by atoms with Crippen LogP contribution in [-0.2, 0) is 25.6 Å². The number of pyridine rings is 1. The maximum Gasteiger partial charge on any atom is 0.339 e. The van der Waals surface area contributed by atoms with Gasteiger partial charge in [0.05, 0.1) is 40.2 Å². The summed E-state index contributed by atoms with van der Waals surface area (Å²) in [4.78, 5) is 45.3. The van der Waals surface area contributed by atoms with Crippen molar-refractivity contribution in [1.29, 1.82) is 0 Å². The number of carbonyl (C=O) groups excluding carboxylic acids is 3. The highest BCUT2D eigenvalue weighted by atomic mass is 32.1. The third-order valence-electron chi connectivity index (χ3n) is 5.96. The molecule has 1 saturated heterocycles. The van der Waals surface area contributed by atoms with Crippen LogP contribution in [0.1, 0.15) is 44.0 Å². The highest BCUT2D eigenvalue weighted by molar-refractivity contribution is 7.13. The summed E-state index contributed by atoms with van der Waals surface area (Å²) in [5, 5.41) is 6.87. The number of rotatable bonds is 7. The lowest BCUT2D eigenvalue weighted by atomic mass is 9.97. The number of esters is 2. The van der Waals surface area contributed by atoms with Crippen LogP contribution in [0.2, 0.25) is 0 Å². The first kappa shape index (κ1) is 23.9. The van der Waals surface area contributed by atoms with Crippen molar-refractivity contribution in [3.63, 3.8) is 0 Å². The number of aromatic nitrogens is 3. The van der Waals surface area contributed by atoms with Gasteiger partial charge in [-0.15, -0.1) is 11.3 Å². The van der Waals surface area contributed by atoms with E-state index in [-0.39, 0.29) is 17.8 Å². The number of hydrogen-bond acceptors (Lipinski definition) is 8. The number of thiophene rings is 1. The molecule has 0 spiro atoms. The third kappa shape index (κ3) is 4.82. The van der Waals surface area contributed by atoms with E-state index in [2.05, 4.69) is 5.10 Å². The van der Waals surface area contributed by atoms with Crippen LogP contribution in [0.5, 0.6) is 0 Å². The first-order valence-electron chi connectivity index (χ1n) is 11.5. The molecule has 10 heteroatoms. The molecule has 1 aliphatic heterocycles. The third-order valence-corrected chi connectivity index (χ3v) is 6.85. The molecule has 0 unspecified atom stereocenters. The standard InChI is InChI=1S/C24H28N4O5S/c1-4-28-21-18(14-25-28)17(13-19(26-21)20-7-6-12-34-20)24(31)33-15(3)22(29)27-10-8-16(9-11-27)23(30)32-5-2/h6-7,12-16H,4-5,8-11H2,1-3H3/t15-/m1/s1. The molecule has 4 rings (SSSR count). The molecular formula is C24H28N4O5S. The van der Waals surface area contributed by atoms with Gasteiger partial charge < -0.3 is 14.4 Å². The summed E-state index contributed by atoms with van der Waals surface area (Å²) in [5.41, 5.74) is 1.58. The molecule has 0 bridgehead atoms. The van der Waals surface area contributed by atoms with Gasteiger partial charge in [0.1, 0.15) is 0 Å². The quantitative estimate of drug-likeness (QED) is 0.473. The number of ether oxygens (including phenoxy) is 2. The smallest absolute Gasteiger partial charge is 0.339 e. The molecule has 3 aromatic rings. The second-order valence-corrected chi connectivity index (χ2v) is 9.08. The average Bonchev–Trinajstić information content (AvgIpc) is 3.53. The predicted octanol–water partition coefficient (Wildman–Crippen LogP) is 3.53. The molecule has 34 heavy (non-hydrogen) atoms. The minimum atomic E-state index is -0.957. The fourth-order valence-corrected chi connectivity index (χ4v) is 4.81. The zero-order valence-electron chi connectivity index (χ0n) is 19.5. The first-order valence-corrected chi connectivity index (χ1v) is 12.4. The SMILES string of the molecule is CCOC(=O)C1CCN(C(=O)[C@@H](C)OC(=O)c2cc(-c3cccs3)nc3c2cnn3CC)CC1. The van der Waals surface area contributed by atoms with Crippen molar-refractivity contribution in [3.8, 4) is 10.6 Å². The molecule has 0 radical (unpaired) electrons. The minimum Gasteiger partial charge on any atom is -0.466 e. The Hall–Kier alpha value is -3.27. The van der Waals surface area contributed by atoms with Crippen molar-refractivity contribution in [2.75, 3.05) is 19.7 Å². The number of nitrogens with zero attached hydrogens (tertiary/aromatic N) is 4. The molecule has 4 heterocycles. The van der Waals surface area contributed by atoms with E-state index in [4.69, 9.17) is 14.5 Å². The van der Waals surface area contributed by atoms with Crippen molar-refractivity contribution in [2.24, 2.45) is 5.92 Å². The second-order valence-electron chi connectivity index (χ2n) is 8.13. The van der Waals surface area contributed by atoms with Gasteiger partial charge in [-0.25, -0.2) is 14.5 Å². The number of carbonyl (C=O) groups is 3. The highest BCUT2D eigenvalue weighted by Gasteiger charge is 2.32. The Morgan fingerprint density at radius 1 is 1.24 bits per heavy atom. The summed E-state index contributed by atoms with van der Waals surface area (Å²) in [6.45, 7) is 7.11. The number of hydrogen-bond donors (Lipinski definition) is 0. The van der Waals surface area contributed by atoms with Crippen molar-refractivity contribution in [3.05, 3.63) is 35.3 Å². The molecule has 1 amide bonds. The van der Waals surface area contributed by atoms with Gasteiger partial charge in [-0.05, 0) is 51.1 Å². The summed E-state index contributed by atoms with van der Waals surface area (Å²) >= 11 is 1.53. The first-order chi connectivity index (χ1) is 16.4. The molecule has 180 valence electrons. The number of amides is 1. The lowest BCUT2D eigenvalue weighted by Gasteiger charge is -2.32. The van der Waals surface area contributed by atoms with Gasteiger partial charge in [0.2, 0.25) is 0 Å². The molecule has 0 aromatic carbocycles. The van der Waals surface area contributed by atoms with Gasteiger partial charge in [-0.2, -0.15) is 5.10 Å². The van der Waals surface area contributed by atoms with Gasteiger partial charge in [0, 0.05) is 19.6 Å². The fraction of sp³-hybridized carbons (Fsp3) is 0.458. The summed E-state index contributed by atoms with van der Waals surface area (Å²) < 4.78 is 12.4. The summed E-state index contributed by atoms with van der Waals surface area (Å²) in [6, 6.07) is 5.56.